The van der Waals surface area contributed by atoms with Gasteiger partial charge in [0.25, 0.3) is 0 Å². The third-order valence-corrected chi connectivity index (χ3v) is 10.0. The monoisotopic (exact) mass is 684 g/mol. The van der Waals surface area contributed by atoms with Gasteiger partial charge in [0.2, 0.25) is 0 Å². The van der Waals surface area contributed by atoms with E-state index in [0.717, 1.165) is 107 Å². The van der Waals surface area contributed by atoms with Crippen molar-refractivity contribution in [3.8, 4) is 23.0 Å². The van der Waals surface area contributed by atoms with Gasteiger partial charge in [0, 0.05) is 47.8 Å². The van der Waals surface area contributed by atoms with Gasteiger partial charge in [0.05, 0.1) is 17.9 Å². The molecule has 0 spiro atoms. The highest BCUT2D eigenvalue weighted by Crippen LogP contribution is 2.37. The van der Waals surface area contributed by atoms with Gasteiger partial charge in [-0.05, 0) is 74.6 Å². The number of aryl methyl sites for hydroxylation is 2. The number of amides is 2. The number of anilines is 2. The number of carbonyl (C=O) groups is 1. The summed E-state index contributed by atoms with van der Waals surface area (Å²) >= 11 is 0. The van der Waals surface area contributed by atoms with E-state index in [2.05, 4.69) is 71.0 Å². The second kappa shape index (κ2) is 13.0. The Hall–Kier alpha value is -5.42. The molecule has 8 rings (SSSR count). The van der Waals surface area contributed by atoms with Gasteiger partial charge in [0.1, 0.15) is 29.6 Å². The average Bonchev–Trinajstić information content (AvgIpc) is 3.92. The first-order chi connectivity index (χ1) is 24.6. The van der Waals surface area contributed by atoms with E-state index in [4.69, 9.17) is 14.3 Å². The Morgan fingerprint density at radius 2 is 1.75 bits per heavy atom. The van der Waals surface area contributed by atoms with Crippen LogP contribution in [-0.2, 0) is 31.3 Å². The van der Waals surface area contributed by atoms with Crippen LogP contribution in [0.3, 0.4) is 0 Å². The molecule has 11 heteroatoms. The molecule has 1 aliphatic heterocycles. The largest absolute Gasteiger partial charge is 0.492 e. The molecule has 0 atom stereocenters. The highest BCUT2D eigenvalue weighted by atomic mass is 16.5. The topological polar surface area (TPSA) is 115 Å². The number of para-hydroxylation sites is 1. The van der Waals surface area contributed by atoms with Crippen LogP contribution in [0.25, 0.3) is 28.2 Å². The lowest BCUT2D eigenvalue weighted by atomic mass is 9.92. The zero-order valence-corrected chi connectivity index (χ0v) is 29.9. The Morgan fingerprint density at radius 3 is 2.55 bits per heavy atom. The Bertz CT molecular complexity index is 2240. The maximum Gasteiger partial charge on any atom is 0.324 e. The lowest BCUT2D eigenvalue weighted by molar-refractivity contribution is 0.174. The van der Waals surface area contributed by atoms with Crippen molar-refractivity contribution in [3.63, 3.8) is 0 Å². The van der Waals surface area contributed by atoms with E-state index in [1.165, 1.54) is 5.56 Å². The SMILES string of the molecule is Cc1ccc(-n2nc(C(C)(C)C)cc2NC(=O)Nc2ccc(OCCN3CCn4c(nnc4-c4oc5ccccc5c4C)C3)c3c2CCC3)cc1. The van der Waals surface area contributed by atoms with E-state index >= 15 is 0 Å². The highest BCUT2D eigenvalue weighted by molar-refractivity contribution is 6.00. The van der Waals surface area contributed by atoms with E-state index < -0.39 is 0 Å². The number of hydrogen-bond donors (Lipinski definition) is 2. The quantitative estimate of drug-likeness (QED) is 0.168. The minimum atomic E-state index is -0.303. The standard InChI is InChI=1S/C40H44N8O3/c1-25-13-15-27(16-14-25)48-35(23-34(45-48)40(3,4)5)42-39(49)41-31-17-18-32(30-11-8-10-29(30)31)50-22-21-46-19-20-47-36(24-46)43-44-38(47)37-26(2)28-9-6-7-12-33(28)51-37/h6-7,9,12-18,23H,8,10-11,19-22,24H2,1-5H3,(H2,41,42,49). The molecule has 0 unspecified atom stereocenters. The van der Waals surface area contributed by atoms with Gasteiger partial charge in [-0.1, -0.05) is 56.7 Å². The molecule has 1 aliphatic carbocycles. The summed E-state index contributed by atoms with van der Waals surface area (Å²) < 4.78 is 16.6. The summed E-state index contributed by atoms with van der Waals surface area (Å²) in [6.45, 7) is 14.2. The van der Waals surface area contributed by atoms with E-state index in [1.807, 2.05) is 60.7 Å². The normalized spacial score (nSPS) is 14.5. The number of hydrogen-bond acceptors (Lipinski definition) is 7. The van der Waals surface area contributed by atoms with Crippen LogP contribution in [0.5, 0.6) is 5.75 Å². The minimum Gasteiger partial charge on any atom is -0.492 e. The number of fused-ring (bicyclic) bond motifs is 3. The number of ether oxygens (including phenoxy) is 1. The second-order valence-corrected chi connectivity index (χ2v) is 14.7. The molecule has 3 aromatic carbocycles. The minimum absolute atomic E-state index is 0.175. The van der Waals surface area contributed by atoms with Crippen LogP contribution in [0, 0.1) is 13.8 Å². The van der Waals surface area contributed by atoms with Crippen molar-refractivity contribution in [1.29, 1.82) is 0 Å². The molecular weight excluding hydrogens is 640 g/mol. The van der Waals surface area contributed by atoms with Gasteiger partial charge >= 0.3 is 6.03 Å². The molecule has 3 aromatic heterocycles. The smallest absolute Gasteiger partial charge is 0.324 e. The van der Waals surface area contributed by atoms with Gasteiger partial charge in [-0.3, -0.25) is 10.2 Å². The van der Waals surface area contributed by atoms with Crippen molar-refractivity contribution in [2.45, 2.75) is 72.4 Å². The summed E-state index contributed by atoms with van der Waals surface area (Å²) in [5, 5.41) is 21.2. The second-order valence-electron chi connectivity index (χ2n) is 14.7. The average molecular weight is 685 g/mol. The molecule has 2 amide bonds. The zero-order chi connectivity index (χ0) is 35.3. The fraction of sp³-hybridized carbons (Fsp3) is 0.350. The van der Waals surface area contributed by atoms with Crippen molar-refractivity contribution in [1.82, 2.24) is 29.4 Å². The van der Waals surface area contributed by atoms with E-state index in [0.29, 0.717) is 19.0 Å². The van der Waals surface area contributed by atoms with Crippen molar-refractivity contribution < 1.29 is 13.9 Å². The summed E-state index contributed by atoms with van der Waals surface area (Å²) in [6, 6.07) is 21.8. The molecular formula is C40H44N8O3. The van der Waals surface area contributed by atoms with Gasteiger partial charge in [-0.2, -0.15) is 5.10 Å². The number of furan rings is 1. The summed E-state index contributed by atoms with van der Waals surface area (Å²) in [7, 11) is 0. The Balaban J connectivity index is 0.910. The number of rotatable bonds is 8. The number of nitrogens with zero attached hydrogens (tertiary/aromatic N) is 6. The van der Waals surface area contributed by atoms with Crippen LogP contribution in [0.4, 0.5) is 16.3 Å². The van der Waals surface area contributed by atoms with Crippen LogP contribution in [0.1, 0.15) is 61.0 Å². The predicted octanol–water partition coefficient (Wildman–Crippen LogP) is 7.82. The van der Waals surface area contributed by atoms with Crippen LogP contribution in [-0.4, -0.2) is 55.2 Å². The van der Waals surface area contributed by atoms with Crippen molar-refractivity contribution in [2.24, 2.45) is 0 Å². The number of benzene rings is 3. The molecule has 6 aromatic rings. The van der Waals surface area contributed by atoms with Gasteiger partial charge < -0.3 is 19.0 Å². The Kier molecular flexibility index (Phi) is 8.38. The van der Waals surface area contributed by atoms with Crippen LogP contribution in [0.2, 0.25) is 0 Å². The van der Waals surface area contributed by atoms with Crippen LogP contribution < -0.4 is 15.4 Å². The number of nitrogens with one attached hydrogen (secondary N) is 2. The van der Waals surface area contributed by atoms with Crippen LogP contribution in [0.15, 0.2) is 71.1 Å². The number of carbonyl (C=O) groups excluding carboxylic acids is 1. The van der Waals surface area contributed by atoms with Crippen molar-refractivity contribution in [2.75, 3.05) is 30.3 Å². The fourth-order valence-electron chi connectivity index (χ4n) is 7.15. The van der Waals surface area contributed by atoms with Gasteiger partial charge in [-0.25, -0.2) is 9.48 Å². The first kappa shape index (κ1) is 32.8. The predicted molar refractivity (Wildman–Crippen MR) is 199 cm³/mol. The molecule has 0 radical (unpaired) electrons. The van der Waals surface area contributed by atoms with Gasteiger partial charge in [0.15, 0.2) is 11.6 Å². The third kappa shape index (κ3) is 6.38. The number of urea groups is 1. The molecule has 2 N–H and O–H groups in total. The summed E-state index contributed by atoms with van der Waals surface area (Å²) in [6.07, 6.45) is 2.84. The molecule has 11 nitrogen and oxygen atoms in total. The molecule has 51 heavy (non-hydrogen) atoms. The first-order valence-corrected chi connectivity index (χ1v) is 17.8. The van der Waals surface area contributed by atoms with E-state index in [1.54, 1.807) is 4.68 Å². The maximum atomic E-state index is 13.4. The Labute approximate surface area is 297 Å². The van der Waals surface area contributed by atoms with Crippen molar-refractivity contribution >= 4 is 28.5 Å². The lowest BCUT2D eigenvalue weighted by Gasteiger charge is -2.27. The summed E-state index contributed by atoms with van der Waals surface area (Å²) in [5.41, 5.74) is 7.87. The Morgan fingerprint density at radius 1 is 0.941 bits per heavy atom. The first-order valence-electron chi connectivity index (χ1n) is 17.8. The molecule has 0 saturated carbocycles. The van der Waals surface area contributed by atoms with E-state index in [-0.39, 0.29) is 11.4 Å². The molecule has 262 valence electrons. The maximum absolute atomic E-state index is 13.4. The highest BCUT2D eigenvalue weighted by Gasteiger charge is 2.27. The molecule has 2 aliphatic rings. The van der Waals surface area contributed by atoms with Gasteiger partial charge in [-0.15, -0.1) is 10.2 Å². The van der Waals surface area contributed by atoms with Crippen molar-refractivity contribution in [3.05, 3.63) is 101 Å². The number of aromatic nitrogens is 5. The molecule has 0 fully saturated rings. The molecule has 0 saturated heterocycles. The molecule has 4 heterocycles. The third-order valence-electron chi connectivity index (χ3n) is 10.0. The summed E-state index contributed by atoms with van der Waals surface area (Å²) in [5.74, 6) is 4.03. The fourth-order valence-corrected chi connectivity index (χ4v) is 7.15. The molecule has 0 bridgehead atoms. The summed E-state index contributed by atoms with van der Waals surface area (Å²) in [4.78, 5) is 15.8. The van der Waals surface area contributed by atoms with E-state index in [9.17, 15) is 4.79 Å². The van der Waals surface area contributed by atoms with Crippen LogP contribution >= 0.6 is 0 Å². The lowest BCUT2D eigenvalue weighted by Crippen LogP contribution is -2.36. The zero-order valence-electron chi connectivity index (χ0n) is 29.9.